The minimum atomic E-state index is -3.95. The van der Waals surface area contributed by atoms with Crippen LogP contribution >= 0.6 is 0 Å². The number of pyridine rings is 1. The van der Waals surface area contributed by atoms with Crippen LogP contribution in [0.3, 0.4) is 0 Å². The number of ether oxygens (including phenoxy) is 1. The molecule has 0 aliphatic rings. The molecule has 0 unspecified atom stereocenters. The van der Waals surface area contributed by atoms with E-state index in [2.05, 4.69) is 4.98 Å². The van der Waals surface area contributed by atoms with Gasteiger partial charge in [0.1, 0.15) is 10.5 Å². The standard InChI is InChI=1S/C23H23NO5S/c1-16-5-12-20(13-6-16)30(26,27)29-21-14-11-19(15-24-21)17-7-9-18(10-8-17)22(25)28-23(2,3)4/h5-15H,1-4H3. The number of aryl methyl sites for hydroxylation is 1. The maximum atomic E-state index is 12.4. The third-order valence-corrected chi connectivity index (χ3v) is 5.33. The molecule has 0 aliphatic heterocycles. The molecular weight excluding hydrogens is 402 g/mol. The smallest absolute Gasteiger partial charge is 0.340 e. The predicted octanol–water partition coefficient (Wildman–Crippen LogP) is 4.78. The van der Waals surface area contributed by atoms with Gasteiger partial charge in [0.15, 0.2) is 0 Å². The van der Waals surface area contributed by atoms with Crippen molar-refractivity contribution in [3.63, 3.8) is 0 Å². The first-order valence-corrected chi connectivity index (χ1v) is 10.8. The minimum absolute atomic E-state index is 0.0234. The molecule has 0 fully saturated rings. The molecule has 7 heteroatoms. The van der Waals surface area contributed by atoms with E-state index in [1.165, 1.54) is 24.4 Å². The first-order valence-electron chi connectivity index (χ1n) is 9.34. The van der Waals surface area contributed by atoms with Crippen LogP contribution in [0.5, 0.6) is 5.88 Å². The molecule has 3 rings (SSSR count). The van der Waals surface area contributed by atoms with E-state index in [1.54, 1.807) is 42.5 Å². The molecule has 1 aromatic heterocycles. The molecule has 0 saturated carbocycles. The summed E-state index contributed by atoms with van der Waals surface area (Å²) in [6.07, 6.45) is 1.52. The van der Waals surface area contributed by atoms with Crippen molar-refractivity contribution < 1.29 is 22.1 Å². The third-order valence-electron chi connectivity index (χ3n) is 4.09. The van der Waals surface area contributed by atoms with Crippen LogP contribution in [0, 0.1) is 6.92 Å². The van der Waals surface area contributed by atoms with Gasteiger partial charge in [-0.1, -0.05) is 29.8 Å². The van der Waals surface area contributed by atoms with Gasteiger partial charge in [-0.2, -0.15) is 8.42 Å². The van der Waals surface area contributed by atoms with Crippen LogP contribution in [-0.4, -0.2) is 25.0 Å². The second kappa shape index (κ2) is 8.28. The normalized spacial score (nSPS) is 11.7. The van der Waals surface area contributed by atoms with E-state index in [0.717, 1.165) is 16.7 Å². The van der Waals surface area contributed by atoms with Crippen molar-refractivity contribution in [2.45, 2.75) is 38.2 Å². The van der Waals surface area contributed by atoms with Crippen LogP contribution < -0.4 is 4.18 Å². The fraction of sp³-hybridized carbons (Fsp3) is 0.217. The summed E-state index contributed by atoms with van der Waals surface area (Å²) in [7, 11) is -3.95. The summed E-state index contributed by atoms with van der Waals surface area (Å²) in [5.41, 5.74) is 2.42. The van der Waals surface area contributed by atoms with Crippen molar-refractivity contribution in [1.82, 2.24) is 4.98 Å². The molecule has 0 aliphatic carbocycles. The van der Waals surface area contributed by atoms with E-state index in [0.29, 0.717) is 5.56 Å². The molecule has 0 radical (unpaired) electrons. The Kier molecular flexibility index (Phi) is 5.94. The Bertz CT molecular complexity index is 1130. The summed E-state index contributed by atoms with van der Waals surface area (Å²) in [5, 5.41) is 0. The highest BCUT2D eigenvalue weighted by Gasteiger charge is 2.18. The zero-order chi connectivity index (χ0) is 21.9. The quantitative estimate of drug-likeness (QED) is 0.432. The Hall–Kier alpha value is -3.19. The number of hydrogen-bond acceptors (Lipinski definition) is 6. The second-order valence-corrected chi connectivity index (χ2v) is 9.36. The van der Waals surface area contributed by atoms with Gasteiger partial charge >= 0.3 is 16.1 Å². The van der Waals surface area contributed by atoms with Gasteiger partial charge in [0.25, 0.3) is 0 Å². The van der Waals surface area contributed by atoms with Gasteiger partial charge in [-0.05, 0) is 63.6 Å². The first kappa shape index (κ1) is 21.5. The van der Waals surface area contributed by atoms with E-state index >= 15 is 0 Å². The van der Waals surface area contributed by atoms with Crippen LogP contribution in [0.25, 0.3) is 11.1 Å². The van der Waals surface area contributed by atoms with Gasteiger partial charge in [0, 0.05) is 17.8 Å². The van der Waals surface area contributed by atoms with Crippen molar-refractivity contribution >= 4 is 16.1 Å². The molecule has 156 valence electrons. The average Bonchev–Trinajstić information content (AvgIpc) is 2.67. The summed E-state index contributed by atoms with van der Waals surface area (Å²) < 4.78 is 35.2. The highest BCUT2D eigenvalue weighted by Crippen LogP contribution is 2.23. The number of hydrogen-bond donors (Lipinski definition) is 0. The maximum Gasteiger partial charge on any atom is 0.340 e. The average molecular weight is 426 g/mol. The fourth-order valence-corrected chi connectivity index (χ4v) is 3.49. The molecule has 6 nitrogen and oxygen atoms in total. The number of rotatable bonds is 5. The lowest BCUT2D eigenvalue weighted by molar-refractivity contribution is 0.00695. The van der Waals surface area contributed by atoms with Crippen molar-refractivity contribution in [3.05, 3.63) is 78.0 Å². The highest BCUT2D eigenvalue weighted by molar-refractivity contribution is 7.87. The van der Waals surface area contributed by atoms with Crippen LogP contribution in [0.15, 0.2) is 71.8 Å². The summed E-state index contributed by atoms with van der Waals surface area (Å²) in [6.45, 7) is 7.31. The van der Waals surface area contributed by atoms with Crippen LogP contribution in [0.2, 0.25) is 0 Å². The van der Waals surface area contributed by atoms with Crippen molar-refractivity contribution in [2.24, 2.45) is 0 Å². The Balaban J connectivity index is 1.72. The summed E-state index contributed by atoms with van der Waals surface area (Å²) in [4.78, 5) is 16.3. The lowest BCUT2D eigenvalue weighted by Gasteiger charge is -2.19. The van der Waals surface area contributed by atoms with E-state index in [-0.39, 0.29) is 10.8 Å². The zero-order valence-electron chi connectivity index (χ0n) is 17.2. The minimum Gasteiger partial charge on any atom is -0.456 e. The summed E-state index contributed by atoms with van der Waals surface area (Å²) in [5.74, 6) is -0.415. The molecule has 0 atom stereocenters. The SMILES string of the molecule is Cc1ccc(S(=O)(=O)Oc2ccc(-c3ccc(C(=O)OC(C)(C)C)cc3)cn2)cc1. The van der Waals surface area contributed by atoms with E-state index in [4.69, 9.17) is 8.92 Å². The number of carbonyl (C=O) groups is 1. The van der Waals surface area contributed by atoms with Gasteiger partial charge in [0.2, 0.25) is 5.88 Å². The highest BCUT2D eigenvalue weighted by atomic mass is 32.2. The Morgan fingerprint density at radius 1 is 0.867 bits per heavy atom. The van der Waals surface area contributed by atoms with E-state index in [9.17, 15) is 13.2 Å². The number of nitrogens with zero attached hydrogens (tertiary/aromatic N) is 1. The molecule has 0 saturated heterocycles. The topological polar surface area (TPSA) is 82.6 Å². The largest absolute Gasteiger partial charge is 0.456 e. The molecule has 0 spiro atoms. The molecule has 30 heavy (non-hydrogen) atoms. The number of esters is 1. The number of aromatic nitrogens is 1. The van der Waals surface area contributed by atoms with E-state index in [1.807, 2.05) is 27.7 Å². The predicted molar refractivity (Wildman–Crippen MR) is 114 cm³/mol. The third kappa shape index (κ3) is 5.45. The zero-order valence-corrected chi connectivity index (χ0v) is 18.1. The molecule has 0 bridgehead atoms. The van der Waals surface area contributed by atoms with Crippen LogP contribution in [-0.2, 0) is 14.9 Å². The fourth-order valence-electron chi connectivity index (χ4n) is 2.60. The summed E-state index contributed by atoms with van der Waals surface area (Å²) in [6, 6.07) is 16.5. The lowest BCUT2D eigenvalue weighted by Crippen LogP contribution is -2.23. The number of carbonyl (C=O) groups excluding carboxylic acids is 1. The van der Waals surface area contributed by atoms with E-state index < -0.39 is 21.7 Å². The molecular formula is C23H23NO5S. The number of benzene rings is 2. The first-order chi connectivity index (χ1) is 14.0. The molecule has 3 aromatic rings. The van der Waals surface area contributed by atoms with Gasteiger partial charge < -0.3 is 8.92 Å². The van der Waals surface area contributed by atoms with Crippen molar-refractivity contribution in [1.29, 1.82) is 0 Å². The van der Waals surface area contributed by atoms with Gasteiger partial charge in [-0.25, -0.2) is 9.78 Å². The van der Waals surface area contributed by atoms with Gasteiger partial charge in [-0.3, -0.25) is 0 Å². The van der Waals surface area contributed by atoms with Crippen molar-refractivity contribution in [3.8, 4) is 17.0 Å². The second-order valence-electron chi connectivity index (χ2n) is 7.81. The van der Waals surface area contributed by atoms with Gasteiger partial charge in [0.05, 0.1) is 5.56 Å². The Morgan fingerprint density at radius 2 is 1.47 bits per heavy atom. The van der Waals surface area contributed by atoms with Crippen molar-refractivity contribution in [2.75, 3.05) is 0 Å². The molecule has 1 heterocycles. The Labute approximate surface area is 176 Å². The monoisotopic (exact) mass is 425 g/mol. The molecule has 0 amide bonds. The van der Waals surface area contributed by atoms with Gasteiger partial charge in [-0.15, -0.1) is 0 Å². The lowest BCUT2D eigenvalue weighted by atomic mass is 10.1. The molecule has 0 N–H and O–H groups in total. The van der Waals surface area contributed by atoms with Crippen LogP contribution in [0.4, 0.5) is 0 Å². The maximum absolute atomic E-state index is 12.4. The Morgan fingerprint density at radius 3 is 2.00 bits per heavy atom. The summed E-state index contributed by atoms with van der Waals surface area (Å²) >= 11 is 0. The molecule has 2 aromatic carbocycles. The van der Waals surface area contributed by atoms with Crippen LogP contribution in [0.1, 0.15) is 36.7 Å².